The van der Waals surface area contributed by atoms with Crippen molar-refractivity contribution in [1.29, 1.82) is 0 Å². The van der Waals surface area contributed by atoms with Crippen LogP contribution in [0.25, 0.3) is 0 Å². The molecular weight excluding hydrogens is 320 g/mol. The van der Waals surface area contributed by atoms with E-state index in [9.17, 15) is 9.59 Å². The molecule has 25 heavy (non-hydrogen) atoms. The van der Waals surface area contributed by atoms with Gasteiger partial charge in [0.2, 0.25) is 0 Å². The van der Waals surface area contributed by atoms with E-state index in [0.717, 1.165) is 12.8 Å². The van der Waals surface area contributed by atoms with Crippen LogP contribution in [-0.4, -0.2) is 53.7 Å². The number of aliphatic carboxylic acids is 1. The van der Waals surface area contributed by atoms with Crippen molar-refractivity contribution < 1.29 is 19.4 Å². The van der Waals surface area contributed by atoms with Crippen LogP contribution in [0.5, 0.6) is 5.75 Å². The summed E-state index contributed by atoms with van der Waals surface area (Å²) in [6.07, 6.45) is 4.00. The first-order chi connectivity index (χ1) is 12.1. The number of ether oxygens (including phenoxy) is 1. The molecule has 0 unspecified atom stereocenters. The Kier molecular flexibility index (Phi) is 5.58. The minimum Gasteiger partial charge on any atom is -0.492 e. The molecule has 2 aliphatic carbocycles. The van der Waals surface area contributed by atoms with E-state index in [1.807, 2.05) is 30.0 Å². The number of amides is 1. The molecule has 6 nitrogen and oxygen atoms in total. The van der Waals surface area contributed by atoms with Gasteiger partial charge in [-0.25, -0.2) is 0 Å². The highest BCUT2D eigenvalue weighted by molar-refractivity contribution is 5.97. The second-order valence-electron chi connectivity index (χ2n) is 7.00. The zero-order valence-corrected chi connectivity index (χ0v) is 14.6. The van der Waals surface area contributed by atoms with Crippen molar-refractivity contribution in [3.8, 4) is 5.75 Å². The van der Waals surface area contributed by atoms with Crippen LogP contribution in [0.3, 0.4) is 0 Å². The topological polar surface area (TPSA) is 78.9 Å². The van der Waals surface area contributed by atoms with Gasteiger partial charge in [-0.2, -0.15) is 0 Å². The third kappa shape index (κ3) is 4.72. The van der Waals surface area contributed by atoms with Crippen molar-refractivity contribution in [2.45, 2.75) is 44.7 Å². The van der Waals surface area contributed by atoms with Gasteiger partial charge in [0.15, 0.2) is 0 Å². The standard InChI is InChI=1S/C19H26N2O4/c1-2-21(11-18(22)23)15-9-14(10-15)20-19(24)16-5-3-4-6-17(16)25-12-13-7-8-13/h3-6,13-15H,2,7-12H2,1H3,(H,20,24)(H,22,23). The first-order valence-electron chi connectivity index (χ1n) is 9.05. The maximum absolute atomic E-state index is 12.6. The fourth-order valence-electron chi connectivity index (χ4n) is 3.21. The maximum Gasteiger partial charge on any atom is 0.317 e. The molecule has 136 valence electrons. The van der Waals surface area contributed by atoms with Gasteiger partial charge in [-0.1, -0.05) is 19.1 Å². The van der Waals surface area contributed by atoms with Crippen molar-refractivity contribution in [1.82, 2.24) is 10.2 Å². The van der Waals surface area contributed by atoms with Crippen LogP contribution < -0.4 is 10.1 Å². The molecule has 1 aromatic rings. The fourth-order valence-corrected chi connectivity index (χ4v) is 3.21. The number of likely N-dealkylation sites (N-methyl/N-ethyl adjacent to an activating group) is 1. The summed E-state index contributed by atoms with van der Waals surface area (Å²) in [4.78, 5) is 25.4. The van der Waals surface area contributed by atoms with Crippen LogP contribution in [0.4, 0.5) is 0 Å². The van der Waals surface area contributed by atoms with Crippen LogP contribution in [-0.2, 0) is 4.79 Å². The third-order valence-electron chi connectivity index (χ3n) is 5.01. The molecule has 0 radical (unpaired) electrons. The third-order valence-corrected chi connectivity index (χ3v) is 5.01. The molecule has 0 aromatic heterocycles. The van der Waals surface area contributed by atoms with Crippen LogP contribution in [0.2, 0.25) is 0 Å². The van der Waals surface area contributed by atoms with Crippen LogP contribution in [0.15, 0.2) is 24.3 Å². The Morgan fingerprint density at radius 2 is 2.00 bits per heavy atom. The van der Waals surface area contributed by atoms with Gasteiger partial charge in [-0.05, 0) is 50.3 Å². The minimum atomic E-state index is -0.809. The number of hydrogen-bond donors (Lipinski definition) is 2. The molecular formula is C19H26N2O4. The second kappa shape index (κ2) is 7.87. The van der Waals surface area contributed by atoms with Crippen LogP contribution >= 0.6 is 0 Å². The van der Waals surface area contributed by atoms with E-state index in [1.165, 1.54) is 12.8 Å². The SMILES string of the molecule is CCN(CC(=O)O)C1CC(NC(=O)c2ccccc2OCC2CC2)C1. The average Bonchev–Trinajstić information content (AvgIpc) is 3.38. The number of carbonyl (C=O) groups excluding carboxylic acids is 1. The lowest BCUT2D eigenvalue weighted by atomic mass is 9.85. The monoisotopic (exact) mass is 346 g/mol. The molecule has 0 bridgehead atoms. The van der Waals surface area contributed by atoms with Crippen molar-refractivity contribution in [2.24, 2.45) is 5.92 Å². The normalized spacial score (nSPS) is 22.3. The Bertz CT molecular complexity index is 624. The molecule has 6 heteroatoms. The first kappa shape index (κ1) is 17.7. The summed E-state index contributed by atoms with van der Waals surface area (Å²) in [5, 5.41) is 12.0. The molecule has 1 amide bonds. The van der Waals surface area contributed by atoms with Crippen LogP contribution in [0.1, 0.15) is 43.0 Å². The molecule has 0 heterocycles. The highest BCUT2D eigenvalue weighted by Crippen LogP contribution is 2.31. The smallest absolute Gasteiger partial charge is 0.317 e. The van der Waals surface area contributed by atoms with E-state index in [4.69, 9.17) is 9.84 Å². The Balaban J connectivity index is 1.51. The minimum absolute atomic E-state index is 0.0552. The van der Waals surface area contributed by atoms with Gasteiger partial charge in [-0.3, -0.25) is 14.5 Å². The highest BCUT2D eigenvalue weighted by Gasteiger charge is 2.35. The van der Waals surface area contributed by atoms with Gasteiger partial charge in [0, 0.05) is 12.1 Å². The molecule has 2 saturated carbocycles. The van der Waals surface area contributed by atoms with Crippen LogP contribution in [0, 0.1) is 5.92 Å². The molecule has 0 atom stereocenters. The Morgan fingerprint density at radius 1 is 1.28 bits per heavy atom. The van der Waals surface area contributed by atoms with E-state index in [2.05, 4.69) is 5.32 Å². The largest absolute Gasteiger partial charge is 0.492 e. The zero-order valence-electron chi connectivity index (χ0n) is 14.6. The predicted molar refractivity (Wildman–Crippen MR) is 93.8 cm³/mol. The molecule has 0 spiro atoms. The molecule has 2 N–H and O–H groups in total. The van der Waals surface area contributed by atoms with Crippen molar-refractivity contribution in [3.05, 3.63) is 29.8 Å². The number of para-hydroxylation sites is 1. The number of benzene rings is 1. The number of carboxylic acids is 1. The van der Waals surface area contributed by atoms with E-state index in [1.54, 1.807) is 6.07 Å². The van der Waals surface area contributed by atoms with Crippen molar-refractivity contribution >= 4 is 11.9 Å². The highest BCUT2D eigenvalue weighted by atomic mass is 16.5. The van der Waals surface area contributed by atoms with Gasteiger partial charge < -0.3 is 15.2 Å². The van der Waals surface area contributed by atoms with Crippen molar-refractivity contribution in [3.63, 3.8) is 0 Å². The van der Waals surface area contributed by atoms with Gasteiger partial charge in [0.1, 0.15) is 5.75 Å². The van der Waals surface area contributed by atoms with Gasteiger partial charge in [0.25, 0.3) is 5.91 Å². The van der Waals surface area contributed by atoms with Gasteiger partial charge in [0.05, 0.1) is 18.7 Å². The molecule has 2 aliphatic rings. The molecule has 3 rings (SSSR count). The van der Waals surface area contributed by atoms with E-state index < -0.39 is 5.97 Å². The summed E-state index contributed by atoms with van der Waals surface area (Å²) in [7, 11) is 0. The number of nitrogens with zero attached hydrogens (tertiary/aromatic N) is 1. The fraction of sp³-hybridized carbons (Fsp3) is 0.579. The summed E-state index contributed by atoms with van der Waals surface area (Å²) >= 11 is 0. The summed E-state index contributed by atoms with van der Waals surface area (Å²) in [5.74, 6) is 0.355. The van der Waals surface area contributed by atoms with Gasteiger partial charge >= 0.3 is 5.97 Å². The average molecular weight is 346 g/mol. The molecule has 0 saturated heterocycles. The summed E-state index contributed by atoms with van der Waals surface area (Å²) in [5.41, 5.74) is 0.574. The summed E-state index contributed by atoms with van der Waals surface area (Å²) in [6, 6.07) is 7.67. The summed E-state index contributed by atoms with van der Waals surface area (Å²) in [6.45, 7) is 3.40. The Labute approximate surface area is 148 Å². The maximum atomic E-state index is 12.6. The van der Waals surface area contributed by atoms with E-state index in [-0.39, 0.29) is 24.5 Å². The quantitative estimate of drug-likeness (QED) is 0.716. The number of hydrogen-bond acceptors (Lipinski definition) is 4. The second-order valence-corrected chi connectivity index (χ2v) is 7.00. The van der Waals surface area contributed by atoms with E-state index >= 15 is 0 Å². The Morgan fingerprint density at radius 3 is 2.64 bits per heavy atom. The van der Waals surface area contributed by atoms with Crippen molar-refractivity contribution in [2.75, 3.05) is 19.7 Å². The Hall–Kier alpha value is -2.08. The number of rotatable bonds is 9. The predicted octanol–water partition coefficient (Wildman–Crippen LogP) is 2.14. The molecule has 0 aliphatic heterocycles. The van der Waals surface area contributed by atoms with Gasteiger partial charge in [-0.15, -0.1) is 0 Å². The summed E-state index contributed by atoms with van der Waals surface area (Å²) < 4.78 is 5.80. The first-order valence-corrected chi connectivity index (χ1v) is 9.05. The molecule has 1 aromatic carbocycles. The zero-order chi connectivity index (χ0) is 17.8. The lowest BCUT2D eigenvalue weighted by Crippen LogP contribution is -2.54. The number of carboxylic acid groups (broad SMARTS) is 1. The number of carbonyl (C=O) groups is 2. The van der Waals surface area contributed by atoms with E-state index in [0.29, 0.717) is 30.4 Å². The lowest BCUT2D eigenvalue weighted by Gasteiger charge is -2.42. The number of nitrogens with one attached hydrogen (secondary N) is 1. The lowest BCUT2D eigenvalue weighted by molar-refractivity contribution is -0.139. The molecule has 2 fully saturated rings.